The first-order valence-corrected chi connectivity index (χ1v) is 5.48. The summed E-state index contributed by atoms with van der Waals surface area (Å²) in [5, 5.41) is 0. The van der Waals surface area contributed by atoms with Crippen LogP contribution in [0, 0.1) is 0 Å². The lowest BCUT2D eigenvalue weighted by molar-refractivity contribution is -0.194. The molecule has 1 fully saturated rings. The fraction of sp³-hybridized carbons (Fsp3) is 0.727. The van der Waals surface area contributed by atoms with E-state index in [1.54, 1.807) is 6.92 Å². The van der Waals surface area contributed by atoms with Crippen LogP contribution in [0.25, 0.3) is 0 Å². The van der Waals surface area contributed by atoms with Crippen molar-refractivity contribution < 1.29 is 33.3 Å². The maximum atomic E-state index is 11.0. The molecule has 2 unspecified atom stereocenters. The Morgan fingerprint density at radius 2 is 1.28 bits per heavy atom. The quantitative estimate of drug-likeness (QED) is 0.527. The third-order valence-electron chi connectivity index (χ3n) is 2.29. The van der Waals surface area contributed by atoms with Gasteiger partial charge in [0.2, 0.25) is 12.4 Å². The monoisotopic (exact) mass is 260 g/mol. The predicted octanol–water partition coefficient (Wildman–Crippen LogP) is 0.158. The molecule has 0 aromatic rings. The number of ether oxygens (including phenoxy) is 4. The molecule has 0 N–H and O–H groups in total. The van der Waals surface area contributed by atoms with E-state index in [1.807, 2.05) is 0 Å². The minimum atomic E-state index is -1.06. The normalized spacial score (nSPS) is 30.7. The zero-order valence-corrected chi connectivity index (χ0v) is 10.7. The highest BCUT2D eigenvalue weighted by molar-refractivity contribution is 5.68. The number of hydrogen-bond donors (Lipinski definition) is 0. The Hall–Kier alpha value is -1.63. The minimum Gasteiger partial charge on any atom is -0.456 e. The molecule has 4 atom stereocenters. The standard InChI is InChI=1S/C11H16O7/c1-5-9(16-6(2)12)10(17-7(3)13)11(15-5)18-8(4)14/h5,9-11H,1-4H3/t5-,9?,10-,11?/m1/s1. The fourth-order valence-corrected chi connectivity index (χ4v) is 1.72. The Kier molecular flexibility index (Phi) is 4.66. The van der Waals surface area contributed by atoms with Crippen molar-refractivity contribution in [3.8, 4) is 0 Å². The Morgan fingerprint density at radius 3 is 1.72 bits per heavy atom. The summed E-state index contributed by atoms with van der Waals surface area (Å²) in [5.74, 6) is -1.68. The fourth-order valence-electron chi connectivity index (χ4n) is 1.72. The van der Waals surface area contributed by atoms with E-state index in [9.17, 15) is 14.4 Å². The molecule has 1 rings (SSSR count). The average molecular weight is 260 g/mol. The van der Waals surface area contributed by atoms with Gasteiger partial charge in [0.15, 0.2) is 6.10 Å². The summed E-state index contributed by atoms with van der Waals surface area (Å²) in [6.45, 7) is 5.28. The van der Waals surface area contributed by atoms with Gasteiger partial charge in [-0.05, 0) is 6.92 Å². The summed E-state index contributed by atoms with van der Waals surface area (Å²) in [5.41, 5.74) is 0. The van der Waals surface area contributed by atoms with Gasteiger partial charge in [-0.3, -0.25) is 14.4 Å². The molecule has 0 saturated carbocycles. The molecule has 0 aromatic heterocycles. The highest BCUT2D eigenvalue weighted by Crippen LogP contribution is 2.27. The molecule has 102 valence electrons. The van der Waals surface area contributed by atoms with E-state index in [2.05, 4.69) is 0 Å². The van der Waals surface area contributed by atoms with Gasteiger partial charge in [0.05, 0.1) is 6.10 Å². The second-order valence-electron chi connectivity index (χ2n) is 3.97. The molecule has 0 amide bonds. The molecule has 0 aromatic carbocycles. The molecule has 0 aliphatic carbocycles. The summed E-state index contributed by atoms with van der Waals surface area (Å²) in [7, 11) is 0. The molecule has 1 aliphatic rings. The van der Waals surface area contributed by atoms with Crippen LogP contribution in [0.2, 0.25) is 0 Å². The van der Waals surface area contributed by atoms with Gasteiger partial charge in [0.1, 0.15) is 0 Å². The first-order valence-electron chi connectivity index (χ1n) is 5.48. The van der Waals surface area contributed by atoms with Crippen LogP contribution < -0.4 is 0 Å². The molecule has 0 spiro atoms. The number of carbonyl (C=O) groups is 3. The van der Waals surface area contributed by atoms with Crippen LogP contribution in [0.15, 0.2) is 0 Å². The molecular formula is C11H16O7. The smallest absolute Gasteiger partial charge is 0.305 e. The lowest BCUT2D eigenvalue weighted by Gasteiger charge is -2.22. The van der Waals surface area contributed by atoms with Crippen LogP contribution >= 0.6 is 0 Å². The Labute approximate surface area is 104 Å². The van der Waals surface area contributed by atoms with Gasteiger partial charge in [-0.25, -0.2) is 0 Å². The number of carbonyl (C=O) groups excluding carboxylic acids is 3. The SMILES string of the molecule is CC(=O)OC1O[C@H](C)C(OC(C)=O)[C@H]1OC(C)=O. The van der Waals surface area contributed by atoms with E-state index in [-0.39, 0.29) is 0 Å². The van der Waals surface area contributed by atoms with E-state index in [0.29, 0.717) is 0 Å². The molecule has 7 heteroatoms. The Balaban J connectivity index is 2.83. The maximum absolute atomic E-state index is 11.0. The third kappa shape index (κ3) is 3.69. The summed E-state index contributed by atoms with van der Waals surface area (Å²) >= 11 is 0. The molecule has 7 nitrogen and oxygen atoms in total. The summed E-state index contributed by atoms with van der Waals surface area (Å²) in [4.78, 5) is 32.9. The number of rotatable bonds is 3. The Bertz CT molecular complexity index is 351. The van der Waals surface area contributed by atoms with Crippen molar-refractivity contribution >= 4 is 17.9 Å². The minimum absolute atomic E-state index is 0.531. The summed E-state index contributed by atoms with van der Waals surface area (Å²) < 4.78 is 20.2. The average Bonchev–Trinajstić information content (AvgIpc) is 2.43. The molecule has 18 heavy (non-hydrogen) atoms. The van der Waals surface area contributed by atoms with Gasteiger partial charge in [-0.15, -0.1) is 0 Å². The summed E-state index contributed by atoms with van der Waals surface area (Å²) in [6.07, 6.45) is -3.35. The summed E-state index contributed by atoms with van der Waals surface area (Å²) in [6, 6.07) is 0. The lowest BCUT2D eigenvalue weighted by Crippen LogP contribution is -2.40. The van der Waals surface area contributed by atoms with Crippen molar-refractivity contribution in [1.82, 2.24) is 0 Å². The van der Waals surface area contributed by atoms with Crippen LogP contribution in [0.4, 0.5) is 0 Å². The predicted molar refractivity (Wildman–Crippen MR) is 57.2 cm³/mol. The van der Waals surface area contributed by atoms with E-state index < -0.39 is 42.5 Å². The van der Waals surface area contributed by atoms with Gasteiger partial charge in [0, 0.05) is 20.8 Å². The second kappa shape index (κ2) is 5.81. The van der Waals surface area contributed by atoms with Crippen molar-refractivity contribution in [2.75, 3.05) is 0 Å². The highest BCUT2D eigenvalue weighted by Gasteiger charge is 2.49. The topological polar surface area (TPSA) is 88.1 Å². The van der Waals surface area contributed by atoms with Crippen LogP contribution in [-0.2, 0) is 33.3 Å². The second-order valence-corrected chi connectivity index (χ2v) is 3.97. The van der Waals surface area contributed by atoms with Crippen LogP contribution in [0.5, 0.6) is 0 Å². The van der Waals surface area contributed by atoms with Gasteiger partial charge in [0.25, 0.3) is 0 Å². The van der Waals surface area contributed by atoms with Crippen molar-refractivity contribution in [2.24, 2.45) is 0 Å². The van der Waals surface area contributed by atoms with Crippen LogP contribution in [0.1, 0.15) is 27.7 Å². The van der Waals surface area contributed by atoms with Gasteiger partial charge in [-0.1, -0.05) is 0 Å². The van der Waals surface area contributed by atoms with Gasteiger partial charge < -0.3 is 18.9 Å². The van der Waals surface area contributed by atoms with Crippen molar-refractivity contribution in [3.63, 3.8) is 0 Å². The number of hydrogen-bond acceptors (Lipinski definition) is 7. The van der Waals surface area contributed by atoms with Crippen molar-refractivity contribution in [1.29, 1.82) is 0 Å². The zero-order chi connectivity index (χ0) is 13.9. The maximum Gasteiger partial charge on any atom is 0.305 e. The van der Waals surface area contributed by atoms with Gasteiger partial charge >= 0.3 is 17.9 Å². The molecule has 1 saturated heterocycles. The van der Waals surface area contributed by atoms with E-state index >= 15 is 0 Å². The van der Waals surface area contributed by atoms with Crippen LogP contribution in [-0.4, -0.2) is 42.5 Å². The molecular weight excluding hydrogens is 244 g/mol. The number of esters is 3. The lowest BCUT2D eigenvalue weighted by atomic mass is 10.1. The highest BCUT2D eigenvalue weighted by atomic mass is 16.7. The molecule has 0 radical (unpaired) electrons. The molecule has 1 aliphatic heterocycles. The van der Waals surface area contributed by atoms with E-state index in [1.165, 1.54) is 20.8 Å². The first kappa shape index (κ1) is 14.4. The zero-order valence-electron chi connectivity index (χ0n) is 10.7. The third-order valence-corrected chi connectivity index (χ3v) is 2.29. The molecule has 0 bridgehead atoms. The van der Waals surface area contributed by atoms with Crippen molar-refractivity contribution in [2.45, 2.75) is 52.3 Å². The molecule has 1 heterocycles. The van der Waals surface area contributed by atoms with Crippen LogP contribution in [0.3, 0.4) is 0 Å². The van der Waals surface area contributed by atoms with E-state index in [4.69, 9.17) is 18.9 Å². The van der Waals surface area contributed by atoms with Gasteiger partial charge in [-0.2, -0.15) is 0 Å². The largest absolute Gasteiger partial charge is 0.456 e. The first-order chi connectivity index (χ1) is 8.31. The van der Waals surface area contributed by atoms with Crippen molar-refractivity contribution in [3.05, 3.63) is 0 Å². The van der Waals surface area contributed by atoms with E-state index in [0.717, 1.165) is 0 Å². The Morgan fingerprint density at radius 1 is 0.833 bits per heavy atom.